The number of rotatable bonds is 4. The van der Waals surface area contributed by atoms with Gasteiger partial charge in [-0.1, -0.05) is 36.3 Å². The Morgan fingerprint density at radius 3 is 2.45 bits per heavy atom. The van der Waals surface area contributed by atoms with Gasteiger partial charge in [0.15, 0.2) is 0 Å². The number of benzene rings is 1. The smallest absolute Gasteiger partial charge is 0.445 e. The maximum Gasteiger partial charge on any atom is 0.471 e. The van der Waals surface area contributed by atoms with Crippen LogP contribution in [0.3, 0.4) is 0 Å². The summed E-state index contributed by atoms with van der Waals surface area (Å²) < 4.78 is 44.2. The molecule has 38 heavy (non-hydrogen) atoms. The number of ether oxygens (including phenoxy) is 1. The van der Waals surface area contributed by atoms with Gasteiger partial charge in [-0.15, -0.1) is 0 Å². The Kier molecular flexibility index (Phi) is 7.96. The molecule has 0 spiro atoms. The molecule has 0 radical (unpaired) electrons. The number of pyridine rings is 2. The summed E-state index contributed by atoms with van der Waals surface area (Å²) in [7, 11) is 0. The highest BCUT2D eigenvalue weighted by molar-refractivity contribution is 5.96. The van der Waals surface area contributed by atoms with Crippen LogP contribution in [-0.4, -0.2) is 34.2 Å². The number of halogens is 3. The fourth-order valence-corrected chi connectivity index (χ4v) is 4.13. The predicted molar refractivity (Wildman–Crippen MR) is 134 cm³/mol. The van der Waals surface area contributed by atoms with Crippen molar-refractivity contribution in [2.75, 3.05) is 5.32 Å². The molecule has 196 valence electrons. The fraction of sp³-hybridized carbons (Fsp3) is 0.286. The van der Waals surface area contributed by atoms with Crippen LogP contribution in [0, 0.1) is 25.7 Å². The molecule has 3 aromatic rings. The van der Waals surface area contributed by atoms with Crippen LogP contribution in [0.5, 0.6) is 0 Å². The number of alkyl carbamates (subject to hydrolysis) is 1. The number of nitrogens with zero attached hydrogens (tertiary/aromatic N) is 2. The van der Waals surface area contributed by atoms with Gasteiger partial charge in [0, 0.05) is 35.1 Å². The lowest BCUT2D eigenvalue weighted by Crippen LogP contribution is -2.39. The number of hydrogen-bond acceptors (Lipinski definition) is 5. The highest BCUT2D eigenvalue weighted by Crippen LogP contribution is 2.27. The van der Waals surface area contributed by atoms with Crippen LogP contribution in [0.25, 0.3) is 0 Å². The van der Waals surface area contributed by atoms with Crippen LogP contribution >= 0.6 is 0 Å². The van der Waals surface area contributed by atoms with Crippen molar-refractivity contribution in [1.82, 2.24) is 15.3 Å². The van der Waals surface area contributed by atoms with Crippen LogP contribution in [-0.2, 0) is 29.0 Å². The summed E-state index contributed by atoms with van der Waals surface area (Å²) in [5, 5.41) is 4.73. The molecular weight excluding hydrogens is 497 g/mol. The van der Waals surface area contributed by atoms with Crippen molar-refractivity contribution in [3.8, 4) is 11.8 Å². The van der Waals surface area contributed by atoms with E-state index in [1.165, 1.54) is 6.07 Å². The van der Waals surface area contributed by atoms with Gasteiger partial charge in [0.2, 0.25) is 0 Å². The Morgan fingerprint density at radius 1 is 1.05 bits per heavy atom. The summed E-state index contributed by atoms with van der Waals surface area (Å²) in [6, 6.07) is 13.9. The molecule has 4 rings (SSSR count). The molecule has 2 aromatic heterocycles. The maximum absolute atomic E-state index is 13.0. The van der Waals surface area contributed by atoms with Crippen molar-refractivity contribution < 1.29 is 27.5 Å². The first-order valence-electron chi connectivity index (χ1n) is 11.9. The summed E-state index contributed by atoms with van der Waals surface area (Å²) in [6.45, 7) is 3.74. The first kappa shape index (κ1) is 26.7. The summed E-state index contributed by atoms with van der Waals surface area (Å²) in [5.41, 5.74) is 4.10. The van der Waals surface area contributed by atoms with Crippen LogP contribution in [0.1, 0.15) is 45.9 Å². The minimum Gasteiger partial charge on any atom is -0.445 e. The molecule has 1 atom stereocenters. The molecule has 0 fully saturated rings. The number of carbonyl (C=O) groups is 2. The zero-order chi connectivity index (χ0) is 27.3. The van der Waals surface area contributed by atoms with Crippen LogP contribution < -0.4 is 10.6 Å². The summed E-state index contributed by atoms with van der Waals surface area (Å²) in [5.74, 6) is 3.60. The van der Waals surface area contributed by atoms with Gasteiger partial charge in [-0.25, -0.2) is 9.78 Å². The van der Waals surface area contributed by atoms with Gasteiger partial charge in [0.05, 0.1) is 5.69 Å². The van der Waals surface area contributed by atoms with Crippen molar-refractivity contribution in [3.63, 3.8) is 0 Å². The van der Waals surface area contributed by atoms with Crippen molar-refractivity contribution in [1.29, 1.82) is 0 Å². The Hall–Kier alpha value is -4.39. The van der Waals surface area contributed by atoms with Crippen molar-refractivity contribution >= 4 is 17.7 Å². The number of aromatic nitrogens is 2. The van der Waals surface area contributed by atoms with Gasteiger partial charge in [0.1, 0.15) is 12.3 Å². The number of hydrogen-bond donors (Lipinski definition) is 2. The van der Waals surface area contributed by atoms with E-state index >= 15 is 0 Å². The van der Waals surface area contributed by atoms with Crippen molar-refractivity contribution in [2.45, 2.75) is 51.9 Å². The van der Waals surface area contributed by atoms with Gasteiger partial charge in [-0.3, -0.25) is 9.78 Å². The van der Waals surface area contributed by atoms with Crippen molar-refractivity contribution in [3.05, 3.63) is 88.0 Å². The van der Waals surface area contributed by atoms with Gasteiger partial charge >= 0.3 is 18.2 Å². The van der Waals surface area contributed by atoms with E-state index in [0.29, 0.717) is 36.1 Å². The Balaban J connectivity index is 1.55. The lowest BCUT2D eigenvalue weighted by atomic mass is 9.91. The van der Waals surface area contributed by atoms with E-state index < -0.39 is 18.2 Å². The van der Waals surface area contributed by atoms with Gasteiger partial charge in [-0.05, 0) is 61.9 Å². The molecule has 0 aliphatic heterocycles. The molecule has 7 nitrogen and oxygen atoms in total. The predicted octanol–water partition coefficient (Wildman–Crippen LogP) is 4.78. The molecule has 0 saturated carbocycles. The lowest BCUT2D eigenvalue weighted by Gasteiger charge is -2.25. The molecule has 1 aliphatic carbocycles. The summed E-state index contributed by atoms with van der Waals surface area (Å²) in [4.78, 5) is 32.8. The topological polar surface area (TPSA) is 93.2 Å². The molecule has 0 saturated heterocycles. The van der Waals surface area contributed by atoms with Crippen LogP contribution in [0.4, 0.5) is 23.7 Å². The lowest BCUT2D eigenvalue weighted by molar-refractivity contribution is -0.167. The largest absolute Gasteiger partial charge is 0.471 e. The Labute approximate surface area is 217 Å². The van der Waals surface area contributed by atoms with E-state index in [0.717, 1.165) is 17.0 Å². The van der Waals surface area contributed by atoms with E-state index in [2.05, 4.69) is 27.1 Å². The minimum absolute atomic E-state index is 0.000715. The molecule has 1 unspecified atom stereocenters. The van der Waals surface area contributed by atoms with Crippen LogP contribution in [0.15, 0.2) is 48.5 Å². The third-order valence-corrected chi connectivity index (χ3v) is 5.84. The van der Waals surface area contributed by atoms with Gasteiger partial charge in [-0.2, -0.15) is 13.2 Å². The number of nitrogens with one attached hydrogen (secondary N) is 2. The minimum atomic E-state index is -5.06. The molecule has 2 N–H and O–H groups in total. The molecular formula is C28H25F3N4O3. The monoisotopic (exact) mass is 522 g/mol. The van der Waals surface area contributed by atoms with Crippen molar-refractivity contribution in [2.24, 2.45) is 0 Å². The van der Waals surface area contributed by atoms with E-state index in [-0.39, 0.29) is 24.0 Å². The number of fused-ring (bicyclic) bond motifs is 1. The average molecular weight is 523 g/mol. The number of amides is 2. The first-order valence-corrected chi connectivity index (χ1v) is 11.9. The first-order chi connectivity index (χ1) is 18.1. The molecule has 1 aliphatic rings. The molecule has 2 amide bonds. The number of alkyl halides is 3. The van der Waals surface area contributed by atoms with Gasteiger partial charge < -0.3 is 15.4 Å². The fourth-order valence-electron chi connectivity index (χ4n) is 4.13. The highest BCUT2D eigenvalue weighted by atomic mass is 19.4. The number of anilines is 1. The highest BCUT2D eigenvalue weighted by Gasteiger charge is 2.39. The van der Waals surface area contributed by atoms with E-state index in [4.69, 9.17) is 4.74 Å². The second-order valence-electron chi connectivity index (χ2n) is 8.98. The maximum atomic E-state index is 13.0. The van der Waals surface area contributed by atoms with E-state index in [1.54, 1.807) is 12.1 Å². The molecule has 0 bridgehead atoms. The second-order valence-corrected chi connectivity index (χ2v) is 8.98. The number of aryl methyl sites for hydroxylation is 3. The Morgan fingerprint density at radius 2 is 1.76 bits per heavy atom. The van der Waals surface area contributed by atoms with E-state index in [9.17, 15) is 22.8 Å². The standard InChI is InChI=1S/C28H25F3N4O3/c1-17-12-20(13-18(2)32-17)8-11-23-25(35-26(36)28(29,30)31)14-21-9-10-22(15-24(21)34-23)33-27(37)38-16-19-6-4-3-5-7-19/h3-7,12-14,22H,9-10,15-16H2,1-2H3,(H,33,37)(H,35,36). The average Bonchev–Trinajstić information content (AvgIpc) is 2.86. The zero-order valence-electron chi connectivity index (χ0n) is 20.8. The van der Waals surface area contributed by atoms with Gasteiger partial charge in [0.25, 0.3) is 0 Å². The summed E-state index contributed by atoms with van der Waals surface area (Å²) >= 11 is 0. The second kappa shape index (κ2) is 11.3. The SMILES string of the molecule is Cc1cc(C#Cc2nc3c(cc2NC(=O)C(F)(F)F)CCC(NC(=O)OCc2ccccc2)C3)cc(C)n1. The zero-order valence-corrected chi connectivity index (χ0v) is 20.8. The Bertz CT molecular complexity index is 1390. The molecule has 2 heterocycles. The normalized spacial score (nSPS) is 14.5. The third kappa shape index (κ3) is 7.09. The third-order valence-electron chi connectivity index (χ3n) is 5.84. The quantitative estimate of drug-likeness (QED) is 0.482. The van der Waals surface area contributed by atoms with E-state index in [1.807, 2.05) is 49.5 Å². The summed E-state index contributed by atoms with van der Waals surface area (Å²) in [6.07, 6.45) is -4.32. The molecule has 10 heteroatoms. The molecule has 1 aromatic carbocycles. The number of carbonyl (C=O) groups excluding carboxylic acids is 2. The van der Waals surface area contributed by atoms with Crippen LogP contribution in [0.2, 0.25) is 0 Å².